The van der Waals surface area contributed by atoms with Gasteiger partial charge in [0.2, 0.25) is 6.10 Å². The third kappa shape index (κ3) is 5.55. The summed E-state index contributed by atoms with van der Waals surface area (Å²) in [5.74, 6) is -3.66. The first-order valence-electron chi connectivity index (χ1n) is 9.43. The molecule has 0 amide bonds. The summed E-state index contributed by atoms with van der Waals surface area (Å²) >= 11 is 0. The second-order valence-corrected chi connectivity index (χ2v) is 6.62. The van der Waals surface area contributed by atoms with Crippen molar-refractivity contribution in [2.24, 2.45) is 0 Å². The molecular weight excluding hydrogens is 400 g/mol. The number of carbonyl (C=O) groups is 3. The number of aliphatic carboxylic acids is 2. The first-order valence-corrected chi connectivity index (χ1v) is 9.43. The van der Waals surface area contributed by atoms with Crippen molar-refractivity contribution in [3.05, 3.63) is 108 Å². The van der Waals surface area contributed by atoms with Crippen LogP contribution in [0.25, 0.3) is 0 Å². The Morgan fingerprint density at radius 1 is 0.548 bits per heavy atom. The highest BCUT2D eigenvalue weighted by Crippen LogP contribution is 2.30. The van der Waals surface area contributed by atoms with Crippen LogP contribution in [0.2, 0.25) is 0 Å². The molecule has 0 aliphatic rings. The Morgan fingerprint density at radius 3 is 1.29 bits per heavy atom. The van der Waals surface area contributed by atoms with Gasteiger partial charge in [-0.3, -0.25) is 0 Å². The van der Waals surface area contributed by atoms with E-state index in [1.165, 1.54) is 12.1 Å². The summed E-state index contributed by atoms with van der Waals surface area (Å²) in [6, 6.07) is 24.4. The van der Waals surface area contributed by atoms with Gasteiger partial charge in [0.15, 0.2) is 12.2 Å². The second-order valence-electron chi connectivity index (χ2n) is 6.62. The molecule has 0 unspecified atom stereocenters. The number of rotatable bonds is 9. The molecule has 0 spiro atoms. The smallest absolute Gasteiger partial charge is 0.349 e. The quantitative estimate of drug-likeness (QED) is 0.505. The maximum Gasteiger partial charge on any atom is 0.349 e. The van der Waals surface area contributed by atoms with Gasteiger partial charge in [-0.2, -0.15) is 0 Å². The Balaban J connectivity index is 1.92. The third-order valence-electron chi connectivity index (χ3n) is 4.48. The lowest BCUT2D eigenvalue weighted by Crippen LogP contribution is -2.28. The third-order valence-corrected chi connectivity index (χ3v) is 4.48. The molecule has 0 saturated carbocycles. The molecule has 0 heterocycles. The average molecular weight is 420 g/mol. The highest BCUT2D eigenvalue weighted by Gasteiger charge is 2.34. The van der Waals surface area contributed by atoms with Crippen LogP contribution in [-0.4, -0.2) is 28.1 Å². The highest BCUT2D eigenvalue weighted by molar-refractivity contribution is 5.83. The van der Waals surface area contributed by atoms with E-state index in [2.05, 4.69) is 0 Å². The average Bonchev–Trinajstić information content (AvgIpc) is 2.79. The predicted octanol–water partition coefficient (Wildman–Crippen LogP) is 3.94. The molecule has 3 aromatic carbocycles. The minimum absolute atomic E-state index is 0.271. The van der Waals surface area contributed by atoms with Gasteiger partial charge in [-0.1, -0.05) is 91.0 Å². The molecular formula is C24H20O7. The molecule has 7 heteroatoms. The number of benzene rings is 3. The fraction of sp³-hybridized carbons (Fsp3) is 0.125. The first-order chi connectivity index (χ1) is 15.0. The van der Waals surface area contributed by atoms with E-state index in [1.54, 1.807) is 78.9 Å². The van der Waals surface area contributed by atoms with Crippen LogP contribution in [0, 0.1) is 0 Å². The molecule has 31 heavy (non-hydrogen) atoms. The van der Waals surface area contributed by atoms with E-state index in [0.717, 1.165) is 0 Å². The van der Waals surface area contributed by atoms with Crippen molar-refractivity contribution in [2.45, 2.75) is 18.3 Å². The van der Waals surface area contributed by atoms with Crippen LogP contribution in [-0.2, 0) is 23.9 Å². The molecule has 0 saturated heterocycles. The van der Waals surface area contributed by atoms with Crippen molar-refractivity contribution >= 4 is 17.9 Å². The predicted molar refractivity (Wildman–Crippen MR) is 110 cm³/mol. The topological polar surface area (TPSA) is 110 Å². The van der Waals surface area contributed by atoms with Crippen LogP contribution in [0.3, 0.4) is 0 Å². The number of ether oxygens (including phenoxy) is 2. The minimum Gasteiger partial charge on any atom is -0.479 e. The molecule has 0 aliphatic carbocycles. The highest BCUT2D eigenvalue weighted by atomic mass is 16.6. The second kappa shape index (κ2) is 10.2. The largest absolute Gasteiger partial charge is 0.479 e. The number of esters is 1. The number of hydrogen-bond acceptors (Lipinski definition) is 5. The lowest BCUT2D eigenvalue weighted by atomic mass is 10.1. The molecule has 0 aliphatic heterocycles. The maximum absolute atomic E-state index is 13.0. The lowest BCUT2D eigenvalue weighted by Gasteiger charge is -2.23. The van der Waals surface area contributed by atoms with Crippen LogP contribution in [0.5, 0.6) is 0 Å². The fourth-order valence-corrected chi connectivity index (χ4v) is 3.01. The summed E-state index contributed by atoms with van der Waals surface area (Å²) in [5.41, 5.74) is 0.946. The van der Waals surface area contributed by atoms with Crippen molar-refractivity contribution in [1.29, 1.82) is 0 Å². The fourth-order valence-electron chi connectivity index (χ4n) is 3.01. The van der Waals surface area contributed by atoms with Gasteiger partial charge in [-0.15, -0.1) is 0 Å². The molecule has 3 atom stereocenters. The number of carboxylic acid groups (broad SMARTS) is 2. The normalized spacial score (nSPS) is 13.5. The molecule has 2 N–H and O–H groups in total. The maximum atomic E-state index is 13.0. The zero-order valence-electron chi connectivity index (χ0n) is 16.3. The number of hydrogen-bond donors (Lipinski definition) is 2. The first kappa shape index (κ1) is 21.7. The van der Waals surface area contributed by atoms with Crippen LogP contribution < -0.4 is 0 Å². The van der Waals surface area contributed by atoms with Crippen molar-refractivity contribution in [1.82, 2.24) is 0 Å². The van der Waals surface area contributed by atoms with E-state index < -0.39 is 36.2 Å². The molecule has 0 aromatic heterocycles. The van der Waals surface area contributed by atoms with E-state index in [4.69, 9.17) is 9.47 Å². The van der Waals surface area contributed by atoms with Gasteiger partial charge in [0.1, 0.15) is 0 Å². The van der Waals surface area contributed by atoms with Gasteiger partial charge >= 0.3 is 17.9 Å². The van der Waals surface area contributed by atoms with Gasteiger partial charge in [0, 0.05) is 5.56 Å². The Bertz CT molecular complexity index is 1020. The van der Waals surface area contributed by atoms with E-state index in [-0.39, 0.29) is 5.56 Å². The van der Waals surface area contributed by atoms with Gasteiger partial charge in [-0.25, -0.2) is 14.4 Å². The molecule has 0 radical (unpaired) electrons. The summed E-state index contributed by atoms with van der Waals surface area (Å²) in [6.45, 7) is 0. The van der Waals surface area contributed by atoms with Gasteiger partial charge in [-0.05, 0) is 11.1 Å². The Kier molecular flexibility index (Phi) is 7.13. The van der Waals surface area contributed by atoms with E-state index in [9.17, 15) is 24.6 Å². The SMILES string of the molecule is O=C(O)[C@H](OC(=O)[C@H](O[C@@H](C(=O)O)c1ccccc1)c1ccccc1)c1ccccc1. The molecule has 3 aromatic rings. The molecule has 0 bridgehead atoms. The molecule has 7 nitrogen and oxygen atoms in total. The van der Waals surface area contributed by atoms with E-state index in [0.29, 0.717) is 11.1 Å². The van der Waals surface area contributed by atoms with Gasteiger partial charge < -0.3 is 19.7 Å². The zero-order chi connectivity index (χ0) is 22.2. The van der Waals surface area contributed by atoms with Crippen LogP contribution in [0.15, 0.2) is 91.0 Å². The van der Waals surface area contributed by atoms with Crippen LogP contribution in [0.1, 0.15) is 35.0 Å². The van der Waals surface area contributed by atoms with Crippen LogP contribution in [0.4, 0.5) is 0 Å². The standard InChI is InChI=1S/C24H20O7/c25-22(26)19(16-10-4-1-5-11-16)30-21(18-14-8-3-9-15-18)24(29)31-20(23(27)28)17-12-6-2-7-13-17/h1-15,19-21H,(H,25,26)(H,27,28)/t19-,20-,21-/m1/s1. The van der Waals surface area contributed by atoms with Gasteiger partial charge in [0.25, 0.3) is 0 Å². The Morgan fingerprint density at radius 2 is 0.903 bits per heavy atom. The van der Waals surface area contributed by atoms with Crippen molar-refractivity contribution in [2.75, 3.05) is 0 Å². The molecule has 0 fully saturated rings. The molecule has 3 rings (SSSR count). The monoisotopic (exact) mass is 420 g/mol. The van der Waals surface area contributed by atoms with Crippen molar-refractivity contribution in [3.63, 3.8) is 0 Å². The van der Waals surface area contributed by atoms with Crippen molar-refractivity contribution in [3.8, 4) is 0 Å². The summed E-state index contributed by atoms with van der Waals surface area (Å²) < 4.78 is 11.0. The van der Waals surface area contributed by atoms with Gasteiger partial charge in [0.05, 0.1) is 0 Å². The molecule has 158 valence electrons. The number of carboxylic acids is 2. The summed E-state index contributed by atoms with van der Waals surface area (Å²) in [5, 5.41) is 19.2. The van der Waals surface area contributed by atoms with E-state index in [1.807, 2.05) is 0 Å². The van der Waals surface area contributed by atoms with Crippen molar-refractivity contribution < 1.29 is 34.1 Å². The Labute approximate surface area is 178 Å². The summed E-state index contributed by atoms with van der Waals surface area (Å²) in [4.78, 5) is 36.6. The zero-order valence-corrected chi connectivity index (χ0v) is 16.3. The number of carbonyl (C=O) groups excluding carboxylic acids is 1. The lowest BCUT2D eigenvalue weighted by molar-refractivity contribution is -0.180. The van der Waals surface area contributed by atoms with Crippen LogP contribution >= 0.6 is 0 Å². The minimum atomic E-state index is -1.57. The summed E-state index contributed by atoms with van der Waals surface area (Å²) in [7, 11) is 0. The van der Waals surface area contributed by atoms with E-state index >= 15 is 0 Å². The summed E-state index contributed by atoms with van der Waals surface area (Å²) in [6.07, 6.45) is -4.48. The Hall–Kier alpha value is -3.97.